The Balaban J connectivity index is 3.33. The van der Waals surface area contributed by atoms with Crippen LogP contribution in [0.3, 0.4) is 0 Å². The van der Waals surface area contributed by atoms with E-state index in [4.69, 9.17) is 4.74 Å². The molecule has 0 bridgehead atoms. The highest BCUT2D eigenvalue weighted by molar-refractivity contribution is 5.76. The number of nitrogens with one attached hydrogen (secondary N) is 1. The normalized spacial score (nSPS) is 12.5. The van der Waals surface area contributed by atoms with E-state index >= 15 is 0 Å². The lowest BCUT2D eigenvalue weighted by Gasteiger charge is -2.22. The first-order valence-electron chi connectivity index (χ1n) is 37.4. The zero-order valence-corrected chi connectivity index (χ0v) is 55.3. The predicted octanol–water partition coefficient (Wildman–Crippen LogP) is 24.3. The minimum Gasteiger partial charge on any atom is -0.466 e. The number of aliphatic hydroxyl groups is 2. The summed E-state index contributed by atoms with van der Waals surface area (Å²) in [7, 11) is 0. The van der Waals surface area contributed by atoms with E-state index in [9.17, 15) is 19.8 Å². The summed E-state index contributed by atoms with van der Waals surface area (Å²) in [6.45, 7) is 4.96. The molecule has 0 heterocycles. The highest BCUT2D eigenvalue weighted by atomic mass is 16.5. The van der Waals surface area contributed by atoms with Gasteiger partial charge in [0, 0.05) is 12.8 Å². The molecule has 1 amide bonds. The second-order valence-corrected chi connectivity index (χ2v) is 26.0. The van der Waals surface area contributed by atoms with Crippen LogP contribution in [-0.4, -0.2) is 47.4 Å². The topological polar surface area (TPSA) is 95.9 Å². The molecule has 482 valence electrons. The van der Waals surface area contributed by atoms with E-state index in [0.29, 0.717) is 25.9 Å². The lowest BCUT2D eigenvalue weighted by Crippen LogP contribution is -2.45. The van der Waals surface area contributed by atoms with Crippen LogP contribution < -0.4 is 5.32 Å². The average molecular weight is 1140 g/mol. The maximum absolute atomic E-state index is 12.6. The number of aliphatic hydroxyl groups excluding tert-OH is 2. The molecule has 0 aromatic heterocycles. The Kier molecular flexibility index (Phi) is 69.9. The second-order valence-electron chi connectivity index (χ2n) is 26.0. The maximum atomic E-state index is 12.6. The SMILES string of the molecule is CCCC/C=C\CCCCCCCC(=O)OCCCCCCCCCCCCCCCCCCCCCCCCCCCCCCCCCC(=O)NC(CO)C(O)CCCCCCCCCCCCCCCCCCCCCCCC. The zero-order chi connectivity index (χ0) is 58.5. The van der Waals surface area contributed by atoms with Crippen molar-refractivity contribution >= 4 is 11.9 Å². The molecular formula is C75H147NO5. The fraction of sp³-hybridized carbons (Fsp3) is 0.947. The molecule has 3 N–H and O–H groups in total. The third-order valence-corrected chi connectivity index (χ3v) is 17.8. The van der Waals surface area contributed by atoms with Crippen LogP contribution in [0.4, 0.5) is 0 Å². The van der Waals surface area contributed by atoms with Crippen LogP contribution in [0.5, 0.6) is 0 Å². The van der Waals surface area contributed by atoms with Gasteiger partial charge in [-0.25, -0.2) is 0 Å². The second kappa shape index (κ2) is 71.1. The monoisotopic (exact) mass is 1140 g/mol. The fourth-order valence-corrected chi connectivity index (χ4v) is 12.1. The van der Waals surface area contributed by atoms with Crippen molar-refractivity contribution in [3.05, 3.63) is 12.2 Å². The molecule has 6 nitrogen and oxygen atoms in total. The number of unbranched alkanes of at least 4 members (excludes halogenated alkanes) is 58. The van der Waals surface area contributed by atoms with Crippen LogP contribution in [0.25, 0.3) is 0 Å². The third kappa shape index (κ3) is 67.6. The van der Waals surface area contributed by atoms with Crippen molar-refractivity contribution in [2.75, 3.05) is 13.2 Å². The van der Waals surface area contributed by atoms with Crippen LogP contribution in [0.1, 0.15) is 431 Å². The molecule has 0 spiro atoms. The minimum atomic E-state index is -0.662. The van der Waals surface area contributed by atoms with Gasteiger partial charge in [-0.1, -0.05) is 386 Å². The Bertz CT molecular complexity index is 1220. The van der Waals surface area contributed by atoms with E-state index in [1.807, 2.05) is 0 Å². The molecular weight excluding hydrogens is 995 g/mol. The first-order chi connectivity index (χ1) is 40.0. The van der Waals surface area contributed by atoms with Gasteiger partial charge in [0.25, 0.3) is 0 Å². The standard InChI is InChI=1S/C75H147NO5/c1-3-5-7-9-11-13-15-16-17-18-19-20-32-35-38-41-44-48-51-55-59-63-67-73(78)72(71-77)76-74(79)68-64-60-56-52-49-45-42-39-36-33-30-28-26-24-22-21-23-25-27-29-31-34-37-40-43-46-50-54-58-62-66-70-81-75(80)69-65-61-57-53-47-14-12-10-8-6-4-2/h10,12,72-73,77-78H,3-9,11,13-71H2,1-2H3,(H,76,79)/b12-10-. The van der Waals surface area contributed by atoms with Crippen molar-refractivity contribution in [2.45, 2.75) is 443 Å². The maximum Gasteiger partial charge on any atom is 0.305 e. The largest absolute Gasteiger partial charge is 0.466 e. The minimum absolute atomic E-state index is 0.0105. The van der Waals surface area contributed by atoms with Crippen molar-refractivity contribution < 1.29 is 24.5 Å². The van der Waals surface area contributed by atoms with E-state index < -0.39 is 12.1 Å². The third-order valence-electron chi connectivity index (χ3n) is 17.8. The molecule has 0 radical (unpaired) electrons. The first kappa shape index (κ1) is 79.6. The van der Waals surface area contributed by atoms with E-state index in [1.165, 1.54) is 353 Å². The molecule has 2 unspecified atom stereocenters. The van der Waals surface area contributed by atoms with Crippen LogP contribution in [0.2, 0.25) is 0 Å². The quantitative estimate of drug-likeness (QED) is 0.0320. The summed E-state index contributed by atoms with van der Waals surface area (Å²) in [5, 5.41) is 23.5. The van der Waals surface area contributed by atoms with E-state index in [1.54, 1.807) is 0 Å². The van der Waals surface area contributed by atoms with E-state index in [-0.39, 0.29) is 18.5 Å². The summed E-state index contributed by atoms with van der Waals surface area (Å²) >= 11 is 0. The molecule has 0 saturated carbocycles. The molecule has 0 aliphatic rings. The lowest BCUT2D eigenvalue weighted by molar-refractivity contribution is -0.143. The number of hydrogen-bond donors (Lipinski definition) is 3. The Hall–Kier alpha value is -1.40. The van der Waals surface area contributed by atoms with Gasteiger partial charge in [-0.3, -0.25) is 9.59 Å². The first-order valence-corrected chi connectivity index (χ1v) is 37.4. The molecule has 0 saturated heterocycles. The Morgan fingerprint density at radius 3 is 0.914 bits per heavy atom. The average Bonchev–Trinajstić information content (AvgIpc) is 3.47. The van der Waals surface area contributed by atoms with Gasteiger partial charge in [0.05, 0.1) is 25.4 Å². The van der Waals surface area contributed by atoms with E-state index in [2.05, 4.69) is 31.3 Å². The summed E-state index contributed by atoms with van der Waals surface area (Å²) in [4.78, 5) is 24.6. The molecule has 0 aromatic rings. The molecule has 0 aromatic carbocycles. The smallest absolute Gasteiger partial charge is 0.305 e. The molecule has 0 rings (SSSR count). The lowest BCUT2D eigenvalue weighted by atomic mass is 10.0. The summed E-state index contributed by atoms with van der Waals surface area (Å²) in [6.07, 6.45) is 88.6. The molecule has 0 aliphatic carbocycles. The molecule has 81 heavy (non-hydrogen) atoms. The van der Waals surface area contributed by atoms with Gasteiger partial charge < -0.3 is 20.3 Å². The Morgan fingerprint density at radius 1 is 0.333 bits per heavy atom. The molecule has 0 aliphatic heterocycles. The van der Waals surface area contributed by atoms with Gasteiger partial charge in [-0.2, -0.15) is 0 Å². The number of rotatable bonds is 71. The van der Waals surface area contributed by atoms with Crippen LogP contribution in [0, 0.1) is 0 Å². The van der Waals surface area contributed by atoms with Gasteiger partial charge in [-0.15, -0.1) is 0 Å². The zero-order valence-electron chi connectivity index (χ0n) is 55.3. The fourth-order valence-electron chi connectivity index (χ4n) is 12.1. The summed E-state index contributed by atoms with van der Waals surface area (Å²) in [6, 6.07) is -0.539. The Labute approximate surface area is 508 Å². The summed E-state index contributed by atoms with van der Waals surface area (Å²) in [5.74, 6) is -0.0147. The van der Waals surface area contributed by atoms with Crippen molar-refractivity contribution in [2.24, 2.45) is 0 Å². The van der Waals surface area contributed by atoms with Crippen molar-refractivity contribution in [1.29, 1.82) is 0 Å². The van der Waals surface area contributed by atoms with Crippen molar-refractivity contribution in [3.8, 4) is 0 Å². The van der Waals surface area contributed by atoms with Crippen LogP contribution in [0.15, 0.2) is 12.2 Å². The number of carbonyl (C=O) groups excluding carboxylic acids is 2. The number of allylic oxidation sites excluding steroid dienone is 2. The summed E-state index contributed by atoms with van der Waals surface area (Å²) < 4.78 is 5.47. The highest BCUT2D eigenvalue weighted by Crippen LogP contribution is 2.20. The van der Waals surface area contributed by atoms with E-state index in [0.717, 1.165) is 44.9 Å². The molecule has 2 atom stereocenters. The molecule has 0 fully saturated rings. The van der Waals surface area contributed by atoms with Crippen LogP contribution >= 0.6 is 0 Å². The predicted molar refractivity (Wildman–Crippen MR) is 357 cm³/mol. The molecule has 6 heteroatoms. The Morgan fingerprint density at radius 2 is 0.593 bits per heavy atom. The highest BCUT2D eigenvalue weighted by Gasteiger charge is 2.20. The van der Waals surface area contributed by atoms with Crippen LogP contribution in [-0.2, 0) is 14.3 Å². The van der Waals surface area contributed by atoms with Crippen molar-refractivity contribution in [1.82, 2.24) is 5.32 Å². The number of carbonyl (C=O) groups is 2. The number of amides is 1. The van der Waals surface area contributed by atoms with Gasteiger partial charge in [0.1, 0.15) is 0 Å². The van der Waals surface area contributed by atoms with Crippen molar-refractivity contribution in [3.63, 3.8) is 0 Å². The van der Waals surface area contributed by atoms with Gasteiger partial charge >= 0.3 is 5.97 Å². The summed E-state index contributed by atoms with van der Waals surface area (Å²) in [5.41, 5.74) is 0. The van der Waals surface area contributed by atoms with Gasteiger partial charge in [0.2, 0.25) is 5.91 Å². The van der Waals surface area contributed by atoms with Gasteiger partial charge in [-0.05, 0) is 44.9 Å². The van der Waals surface area contributed by atoms with Gasteiger partial charge in [0.15, 0.2) is 0 Å². The number of ether oxygens (including phenoxy) is 1. The number of esters is 1. The number of hydrogen-bond acceptors (Lipinski definition) is 5.